The minimum atomic E-state index is 0.204. The lowest BCUT2D eigenvalue weighted by atomic mass is 10.1. The van der Waals surface area contributed by atoms with E-state index in [1.54, 1.807) is 7.11 Å². The number of nitrogens with zero attached hydrogens (tertiary/aromatic N) is 2. The summed E-state index contributed by atoms with van der Waals surface area (Å²) in [5.74, 6) is 0. The van der Waals surface area contributed by atoms with E-state index in [4.69, 9.17) is 4.74 Å². The summed E-state index contributed by atoms with van der Waals surface area (Å²) in [5, 5.41) is 10.7. The normalized spacial score (nSPS) is 14.9. The zero-order valence-corrected chi connectivity index (χ0v) is 15.3. The van der Waals surface area contributed by atoms with Crippen LogP contribution in [0, 0.1) is 6.92 Å². The number of hydrogen-bond donors (Lipinski definition) is 1. The summed E-state index contributed by atoms with van der Waals surface area (Å²) >= 11 is 1.86. The van der Waals surface area contributed by atoms with Crippen molar-refractivity contribution in [2.24, 2.45) is 0 Å². The molecule has 130 valence electrons. The number of benzene rings is 1. The van der Waals surface area contributed by atoms with Gasteiger partial charge in [-0.2, -0.15) is 0 Å². The lowest BCUT2D eigenvalue weighted by Gasteiger charge is -2.36. The molecule has 4 nitrogen and oxygen atoms in total. The summed E-state index contributed by atoms with van der Waals surface area (Å²) in [6.07, 6.45) is 1.03. The highest BCUT2D eigenvalue weighted by atomic mass is 32.1. The summed E-state index contributed by atoms with van der Waals surface area (Å²) in [6, 6.07) is 10.6. The molecule has 2 heterocycles. The SMILES string of the molecule is COCc1sc2c(c1C)CN(CCO)CN2CCc1ccccc1. The Labute approximate surface area is 148 Å². The van der Waals surface area contributed by atoms with E-state index < -0.39 is 0 Å². The number of aliphatic hydroxyl groups is 1. The van der Waals surface area contributed by atoms with Crippen LogP contribution in [0.4, 0.5) is 5.00 Å². The Morgan fingerprint density at radius 1 is 1.21 bits per heavy atom. The Balaban J connectivity index is 1.81. The van der Waals surface area contributed by atoms with Gasteiger partial charge in [0.2, 0.25) is 0 Å². The maximum Gasteiger partial charge on any atom is 0.0971 e. The van der Waals surface area contributed by atoms with Crippen molar-refractivity contribution in [2.45, 2.75) is 26.5 Å². The second kappa shape index (κ2) is 8.12. The second-order valence-electron chi connectivity index (χ2n) is 6.28. The summed E-state index contributed by atoms with van der Waals surface area (Å²) < 4.78 is 5.36. The first-order valence-corrected chi connectivity index (χ1v) is 9.26. The van der Waals surface area contributed by atoms with Gasteiger partial charge in [-0.3, -0.25) is 4.90 Å². The first-order chi connectivity index (χ1) is 11.7. The van der Waals surface area contributed by atoms with Crippen LogP contribution in [0.1, 0.15) is 21.6 Å². The monoisotopic (exact) mass is 346 g/mol. The van der Waals surface area contributed by atoms with Crippen LogP contribution in [-0.2, 0) is 24.3 Å². The molecule has 5 heteroatoms. The van der Waals surface area contributed by atoms with E-state index in [0.717, 1.165) is 32.7 Å². The number of aliphatic hydroxyl groups excluding tert-OH is 1. The van der Waals surface area contributed by atoms with E-state index in [1.165, 1.54) is 26.6 Å². The maximum absolute atomic E-state index is 9.34. The highest BCUT2D eigenvalue weighted by molar-refractivity contribution is 7.16. The van der Waals surface area contributed by atoms with Gasteiger partial charge < -0.3 is 14.7 Å². The smallest absolute Gasteiger partial charge is 0.0971 e. The molecule has 3 rings (SSSR count). The van der Waals surface area contributed by atoms with E-state index in [1.807, 2.05) is 11.3 Å². The molecule has 0 unspecified atom stereocenters. The van der Waals surface area contributed by atoms with Gasteiger partial charge in [0.05, 0.1) is 24.9 Å². The average Bonchev–Trinajstić information content (AvgIpc) is 2.91. The van der Waals surface area contributed by atoms with Crippen molar-refractivity contribution in [3.8, 4) is 0 Å². The summed E-state index contributed by atoms with van der Waals surface area (Å²) in [5.41, 5.74) is 4.12. The second-order valence-corrected chi connectivity index (χ2v) is 7.37. The van der Waals surface area contributed by atoms with Gasteiger partial charge in [0.25, 0.3) is 0 Å². The Hall–Kier alpha value is -1.40. The Morgan fingerprint density at radius 2 is 2.00 bits per heavy atom. The molecule has 1 aromatic heterocycles. The number of β-amino-alcohol motifs (C(OH)–C–C–N with tert-alkyl or cyclic N) is 1. The van der Waals surface area contributed by atoms with Crippen molar-refractivity contribution in [1.82, 2.24) is 4.90 Å². The predicted molar refractivity (Wildman–Crippen MR) is 99.6 cm³/mol. The molecule has 1 aromatic carbocycles. The van der Waals surface area contributed by atoms with Crippen LogP contribution in [-0.4, -0.2) is 43.5 Å². The van der Waals surface area contributed by atoms with Crippen LogP contribution in [0.2, 0.25) is 0 Å². The lowest BCUT2D eigenvalue weighted by molar-refractivity contribution is 0.182. The van der Waals surface area contributed by atoms with Gasteiger partial charge in [0.15, 0.2) is 0 Å². The van der Waals surface area contributed by atoms with E-state index in [0.29, 0.717) is 6.61 Å². The van der Waals surface area contributed by atoms with Crippen LogP contribution in [0.15, 0.2) is 30.3 Å². The minimum Gasteiger partial charge on any atom is -0.395 e. The first kappa shape index (κ1) is 17.4. The van der Waals surface area contributed by atoms with E-state index in [-0.39, 0.29) is 6.61 Å². The lowest BCUT2D eigenvalue weighted by Crippen LogP contribution is -2.43. The molecule has 1 aliphatic heterocycles. The zero-order chi connectivity index (χ0) is 16.9. The fourth-order valence-electron chi connectivity index (χ4n) is 3.25. The molecule has 0 fully saturated rings. The van der Waals surface area contributed by atoms with Gasteiger partial charge in [-0.25, -0.2) is 0 Å². The molecular weight excluding hydrogens is 320 g/mol. The number of thiophene rings is 1. The van der Waals surface area contributed by atoms with Crippen LogP contribution >= 0.6 is 11.3 Å². The van der Waals surface area contributed by atoms with Crippen molar-refractivity contribution < 1.29 is 9.84 Å². The molecule has 0 spiro atoms. The third kappa shape index (κ3) is 3.81. The third-order valence-corrected chi connectivity index (χ3v) is 5.96. The van der Waals surface area contributed by atoms with Gasteiger partial charge >= 0.3 is 0 Å². The topological polar surface area (TPSA) is 35.9 Å². The predicted octanol–water partition coefficient (Wildman–Crippen LogP) is 3.02. The number of hydrogen-bond acceptors (Lipinski definition) is 5. The van der Waals surface area contributed by atoms with Crippen molar-refractivity contribution in [3.05, 3.63) is 51.9 Å². The molecule has 0 atom stereocenters. The van der Waals surface area contributed by atoms with E-state index >= 15 is 0 Å². The summed E-state index contributed by atoms with van der Waals surface area (Å²) in [7, 11) is 1.75. The Kier molecular flexibility index (Phi) is 5.89. The molecule has 0 bridgehead atoms. The van der Waals surface area contributed by atoms with Gasteiger partial charge in [0, 0.05) is 37.2 Å². The maximum atomic E-state index is 9.34. The van der Waals surface area contributed by atoms with Gasteiger partial charge in [0.1, 0.15) is 0 Å². The van der Waals surface area contributed by atoms with Crippen molar-refractivity contribution in [3.63, 3.8) is 0 Å². The molecule has 1 N–H and O–H groups in total. The van der Waals surface area contributed by atoms with Crippen LogP contribution in [0.25, 0.3) is 0 Å². The number of methoxy groups -OCH3 is 1. The molecular formula is C19H26N2O2S. The zero-order valence-electron chi connectivity index (χ0n) is 14.5. The molecule has 1 aliphatic rings. The minimum absolute atomic E-state index is 0.204. The van der Waals surface area contributed by atoms with Gasteiger partial charge in [-0.15, -0.1) is 11.3 Å². The Morgan fingerprint density at radius 3 is 2.71 bits per heavy atom. The highest BCUT2D eigenvalue weighted by Gasteiger charge is 2.27. The summed E-state index contributed by atoms with van der Waals surface area (Å²) in [4.78, 5) is 6.10. The fraction of sp³-hybridized carbons (Fsp3) is 0.474. The number of anilines is 1. The van der Waals surface area contributed by atoms with Gasteiger partial charge in [-0.05, 0) is 24.5 Å². The third-order valence-electron chi connectivity index (χ3n) is 4.59. The van der Waals surface area contributed by atoms with Crippen LogP contribution < -0.4 is 4.90 Å². The number of rotatable bonds is 7. The Bertz CT molecular complexity index is 657. The highest BCUT2D eigenvalue weighted by Crippen LogP contribution is 2.39. The van der Waals surface area contributed by atoms with Crippen molar-refractivity contribution in [1.29, 1.82) is 0 Å². The fourth-order valence-corrected chi connectivity index (χ4v) is 4.55. The molecule has 0 amide bonds. The summed E-state index contributed by atoms with van der Waals surface area (Å²) in [6.45, 7) is 6.59. The van der Waals surface area contributed by atoms with Gasteiger partial charge in [-0.1, -0.05) is 30.3 Å². The van der Waals surface area contributed by atoms with Crippen molar-refractivity contribution in [2.75, 3.05) is 38.4 Å². The van der Waals surface area contributed by atoms with E-state index in [2.05, 4.69) is 47.1 Å². The van der Waals surface area contributed by atoms with Crippen LogP contribution in [0.3, 0.4) is 0 Å². The molecule has 0 aliphatic carbocycles. The molecule has 0 saturated carbocycles. The van der Waals surface area contributed by atoms with E-state index in [9.17, 15) is 5.11 Å². The van der Waals surface area contributed by atoms with Crippen LogP contribution in [0.5, 0.6) is 0 Å². The molecule has 2 aromatic rings. The first-order valence-electron chi connectivity index (χ1n) is 8.45. The number of ether oxygens (including phenoxy) is 1. The molecule has 0 radical (unpaired) electrons. The largest absolute Gasteiger partial charge is 0.395 e. The van der Waals surface area contributed by atoms with Crippen molar-refractivity contribution >= 4 is 16.3 Å². The molecule has 24 heavy (non-hydrogen) atoms. The average molecular weight is 346 g/mol. The number of fused-ring (bicyclic) bond motifs is 1. The standard InChI is InChI=1S/C19H26N2O2S/c1-15-17-12-20(10-11-22)14-21(19(17)24-18(15)13-23-2)9-8-16-6-4-3-5-7-16/h3-7,22H,8-14H2,1-2H3. The quantitative estimate of drug-likeness (QED) is 0.836. The molecule has 0 saturated heterocycles.